The number of anilines is 1. The van der Waals surface area contributed by atoms with E-state index in [-0.39, 0.29) is 36.3 Å². The number of hydrogen-bond acceptors (Lipinski definition) is 12. The van der Waals surface area contributed by atoms with Gasteiger partial charge in [-0.05, 0) is 44.5 Å². The topological polar surface area (TPSA) is 213 Å². The Hall–Kier alpha value is -4.43. The third kappa shape index (κ3) is 4.12. The second-order valence-corrected chi connectivity index (χ2v) is 11.5. The number of ketones is 4. The number of Topliss-reactive ketones (excluding diaryl/α,β-unsaturated/α-hetero) is 4. The molecule has 42 heavy (non-hydrogen) atoms. The highest BCUT2D eigenvalue weighted by molar-refractivity contribution is 6.32. The molecule has 2 saturated carbocycles. The number of aromatic hydroxyl groups is 1. The predicted octanol–water partition coefficient (Wildman–Crippen LogP) is -1.15. The zero-order valence-corrected chi connectivity index (χ0v) is 23.4. The molecule has 3 aliphatic rings. The van der Waals surface area contributed by atoms with E-state index in [4.69, 9.17) is 10.3 Å². The lowest BCUT2D eigenvalue weighted by Gasteiger charge is -2.52. The molecule has 6 atom stereocenters. The van der Waals surface area contributed by atoms with E-state index in [2.05, 4.69) is 10.5 Å². The van der Waals surface area contributed by atoms with Crippen LogP contribution in [0.1, 0.15) is 38.5 Å². The van der Waals surface area contributed by atoms with Crippen molar-refractivity contribution in [3.05, 3.63) is 40.8 Å². The maximum absolute atomic E-state index is 14.1. The van der Waals surface area contributed by atoms with Crippen molar-refractivity contribution in [3.8, 4) is 5.75 Å². The van der Waals surface area contributed by atoms with E-state index >= 15 is 0 Å². The molecule has 5 rings (SSSR count). The molecular weight excluding hydrogens is 550 g/mol. The zero-order chi connectivity index (χ0) is 30.8. The third-order valence-electron chi connectivity index (χ3n) is 8.70. The van der Waals surface area contributed by atoms with Crippen molar-refractivity contribution >= 4 is 40.6 Å². The number of primary amides is 1. The number of hydrogen-bond donors (Lipinski definition) is 4. The summed E-state index contributed by atoms with van der Waals surface area (Å²) >= 11 is 0. The number of phenols is 1. The first kappa shape index (κ1) is 29.1. The Morgan fingerprint density at radius 2 is 1.86 bits per heavy atom. The number of aromatic nitrogens is 1. The summed E-state index contributed by atoms with van der Waals surface area (Å²) in [5.41, 5.74) is 3.58. The van der Waals surface area contributed by atoms with Gasteiger partial charge in [0.2, 0.25) is 11.7 Å². The summed E-state index contributed by atoms with van der Waals surface area (Å²) in [6.45, 7) is -0.202. The fourth-order valence-corrected chi connectivity index (χ4v) is 6.84. The number of likely N-dealkylation sites (N-methyl/N-ethyl adjacent to an activating group) is 1. The molecule has 0 saturated heterocycles. The molecule has 0 aliphatic heterocycles. The molecule has 3 unspecified atom stereocenters. The van der Waals surface area contributed by atoms with Crippen LogP contribution in [0.2, 0.25) is 0 Å². The molecule has 2 fully saturated rings. The minimum absolute atomic E-state index is 0.0491. The van der Waals surface area contributed by atoms with Gasteiger partial charge in [0.05, 0.1) is 23.7 Å². The number of benzene rings is 1. The Bertz CT molecular complexity index is 1530. The fourth-order valence-electron chi connectivity index (χ4n) is 6.84. The monoisotopic (exact) mass is 581 g/mol. The number of rotatable bonds is 6. The highest BCUT2D eigenvalue weighted by atomic mass is 16.5. The lowest BCUT2D eigenvalue weighted by atomic mass is 9.52. The van der Waals surface area contributed by atoms with Crippen LogP contribution < -0.4 is 16.0 Å². The second kappa shape index (κ2) is 10.1. The Morgan fingerprint density at radius 1 is 1.17 bits per heavy atom. The molecule has 1 aromatic heterocycles. The van der Waals surface area contributed by atoms with Crippen molar-refractivity contribution in [1.82, 2.24) is 15.4 Å². The zero-order valence-electron chi connectivity index (χ0n) is 23.4. The van der Waals surface area contributed by atoms with Gasteiger partial charge in [-0.15, -0.1) is 0 Å². The normalized spacial score (nSPS) is 28.7. The van der Waals surface area contributed by atoms with E-state index in [0.717, 1.165) is 0 Å². The number of phenolic OH excluding ortho intramolecular Hbond substituents is 1. The number of nitrogens with one attached hydrogen (secondary N) is 1. The Morgan fingerprint density at radius 3 is 2.43 bits per heavy atom. The van der Waals surface area contributed by atoms with E-state index in [1.54, 1.807) is 25.1 Å². The number of carbonyl (C=O) groups is 6. The number of fused-ring (bicyclic) bond motifs is 3. The van der Waals surface area contributed by atoms with Crippen LogP contribution in [0.15, 0.2) is 22.9 Å². The van der Waals surface area contributed by atoms with Crippen molar-refractivity contribution < 1.29 is 43.5 Å². The van der Waals surface area contributed by atoms with Crippen LogP contribution in [0.3, 0.4) is 0 Å². The van der Waals surface area contributed by atoms with E-state index < -0.39 is 76.0 Å². The largest absolute Gasteiger partial charge is 0.507 e. The molecule has 5 N–H and O–H groups in total. The molecule has 2 aromatic rings. The molecule has 0 radical (unpaired) electrons. The summed E-state index contributed by atoms with van der Waals surface area (Å²) in [4.78, 5) is 82.4. The summed E-state index contributed by atoms with van der Waals surface area (Å²) in [6, 6.07) is 1.80. The van der Waals surface area contributed by atoms with Gasteiger partial charge in [-0.25, -0.2) is 0 Å². The van der Waals surface area contributed by atoms with Crippen LogP contribution in [0, 0.1) is 23.7 Å². The molecule has 14 heteroatoms. The van der Waals surface area contributed by atoms with E-state index in [1.165, 1.54) is 31.3 Å². The summed E-state index contributed by atoms with van der Waals surface area (Å²) in [5.74, 6) is -11.9. The lowest BCUT2D eigenvalue weighted by molar-refractivity contribution is -0.181. The first-order valence-corrected chi connectivity index (χ1v) is 13.3. The van der Waals surface area contributed by atoms with Crippen LogP contribution in [0.4, 0.5) is 5.69 Å². The van der Waals surface area contributed by atoms with Gasteiger partial charge in [-0.2, -0.15) is 0 Å². The van der Waals surface area contributed by atoms with Crippen LogP contribution in [-0.2, 0) is 32.1 Å². The summed E-state index contributed by atoms with van der Waals surface area (Å²) in [6.07, 6.45) is 1.37. The van der Waals surface area contributed by atoms with Gasteiger partial charge in [-0.1, -0.05) is 5.16 Å². The van der Waals surface area contributed by atoms with Gasteiger partial charge >= 0.3 is 0 Å². The first-order chi connectivity index (χ1) is 19.7. The molecule has 2 amide bonds. The van der Waals surface area contributed by atoms with Crippen molar-refractivity contribution in [2.75, 3.05) is 33.1 Å². The first-order valence-electron chi connectivity index (χ1n) is 13.3. The average molecular weight is 582 g/mol. The second-order valence-electron chi connectivity index (χ2n) is 11.5. The molecule has 14 nitrogen and oxygen atoms in total. The van der Waals surface area contributed by atoms with Gasteiger partial charge in [0.15, 0.2) is 34.7 Å². The Kier molecular flexibility index (Phi) is 7.02. The SMILES string of the molecule is CN(C)c1cc(CNC(=O)c2ccno2)c(O)c2c1C[C@@H]1C[C@@H]3C(N(C)C)C(=O)C(C(N)=O)C(=O)[C@]3(O)C(=O)C1C2=O. The standard InChI is InChI=1S/C28H31N5O9/c1-32(2)15-9-12(10-30-27(40)16-5-6-31-42-16)21(34)18-13(15)7-11-8-14-20(33(3)4)23(36)19(26(29)39)25(38)28(14,41)24(37)17(11)22(18)35/h5-6,9,11,14,17,19-20,34,41H,7-8,10H2,1-4H3,(H2,29,39)(H,30,40)/t11-,14-,17?,19?,20?,28-/m1/s1. The van der Waals surface area contributed by atoms with Gasteiger partial charge in [0, 0.05) is 43.9 Å². The average Bonchev–Trinajstić information content (AvgIpc) is 3.45. The number of nitrogens with zero attached hydrogens (tertiary/aromatic N) is 3. The molecular formula is C28H31N5O9. The van der Waals surface area contributed by atoms with E-state index in [0.29, 0.717) is 11.3 Å². The van der Waals surface area contributed by atoms with Crippen LogP contribution in [0.25, 0.3) is 0 Å². The minimum atomic E-state index is -2.81. The molecule has 1 heterocycles. The predicted molar refractivity (Wildman–Crippen MR) is 143 cm³/mol. The lowest BCUT2D eigenvalue weighted by Crippen LogP contribution is -2.74. The molecule has 1 aromatic carbocycles. The van der Waals surface area contributed by atoms with Gasteiger partial charge in [0.25, 0.3) is 5.91 Å². The van der Waals surface area contributed by atoms with Crippen LogP contribution >= 0.6 is 0 Å². The fraction of sp³-hybridized carbons (Fsp3) is 0.464. The smallest absolute Gasteiger partial charge is 0.290 e. The Balaban J connectivity index is 1.58. The summed E-state index contributed by atoms with van der Waals surface area (Å²) in [5, 5.41) is 29.0. The molecule has 3 aliphatic carbocycles. The van der Waals surface area contributed by atoms with Gasteiger partial charge in [-0.3, -0.25) is 33.7 Å². The van der Waals surface area contributed by atoms with Crippen molar-refractivity contribution in [3.63, 3.8) is 0 Å². The highest BCUT2D eigenvalue weighted by Crippen LogP contribution is 2.52. The molecule has 0 spiro atoms. The van der Waals surface area contributed by atoms with Crippen LogP contribution in [-0.4, -0.2) is 95.1 Å². The summed E-state index contributed by atoms with van der Waals surface area (Å²) < 4.78 is 4.84. The van der Waals surface area contributed by atoms with E-state index in [9.17, 15) is 39.0 Å². The molecule has 0 bridgehead atoms. The maximum atomic E-state index is 14.1. The third-order valence-corrected chi connectivity index (χ3v) is 8.70. The number of nitrogens with two attached hydrogens (primary N) is 1. The quantitative estimate of drug-likeness (QED) is 0.298. The van der Waals surface area contributed by atoms with Crippen molar-refractivity contribution in [2.24, 2.45) is 29.4 Å². The van der Waals surface area contributed by atoms with Crippen molar-refractivity contribution in [1.29, 1.82) is 0 Å². The maximum Gasteiger partial charge on any atom is 0.290 e. The number of carbonyl (C=O) groups excluding carboxylic acids is 6. The Labute approximate surface area is 239 Å². The molecule has 222 valence electrons. The number of aliphatic hydroxyl groups is 1. The van der Waals surface area contributed by atoms with Crippen LogP contribution in [0.5, 0.6) is 5.75 Å². The van der Waals surface area contributed by atoms with Gasteiger partial charge in [0.1, 0.15) is 5.75 Å². The van der Waals surface area contributed by atoms with E-state index in [1.807, 2.05) is 0 Å². The summed E-state index contributed by atoms with van der Waals surface area (Å²) in [7, 11) is 6.52. The highest BCUT2D eigenvalue weighted by Gasteiger charge is 2.69. The number of amides is 2. The van der Waals surface area contributed by atoms with Crippen molar-refractivity contribution in [2.45, 2.75) is 31.0 Å². The minimum Gasteiger partial charge on any atom is -0.507 e. The van der Waals surface area contributed by atoms with Gasteiger partial charge < -0.3 is 30.7 Å².